The first-order valence-electron chi connectivity index (χ1n) is 2.22. The molecule has 0 N–H and O–H groups in total. The molecule has 0 bridgehead atoms. The SMILES string of the molecule is COC(C)(C)OC.[N]. The van der Waals surface area contributed by atoms with Gasteiger partial charge in [0.25, 0.3) is 0 Å². The molecule has 0 heterocycles. The highest BCUT2D eigenvalue weighted by Crippen LogP contribution is 2.05. The quantitative estimate of drug-likeness (QED) is 0.497. The highest BCUT2D eigenvalue weighted by molar-refractivity contribution is 4.47. The smallest absolute Gasteiger partial charge is 0.161 e. The minimum atomic E-state index is -0.417. The number of ether oxygens (including phenoxy) is 2. The van der Waals surface area contributed by atoms with E-state index in [0.717, 1.165) is 0 Å². The third-order valence-corrected chi connectivity index (χ3v) is 0.983. The average molecular weight is 118 g/mol. The molecular weight excluding hydrogens is 106 g/mol. The van der Waals surface area contributed by atoms with Gasteiger partial charge in [0.2, 0.25) is 0 Å². The van der Waals surface area contributed by atoms with Crippen LogP contribution in [0.3, 0.4) is 0 Å². The van der Waals surface area contributed by atoms with E-state index in [9.17, 15) is 0 Å². The minimum Gasteiger partial charge on any atom is -0.354 e. The zero-order valence-corrected chi connectivity index (χ0v) is 5.76. The number of hydrogen-bond donors (Lipinski definition) is 0. The Labute approximate surface area is 50.6 Å². The van der Waals surface area contributed by atoms with Gasteiger partial charge in [-0.25, -0.2) is 0 Å². The van der Waals surface area contributed by atoms with Crippen molar-refractivity contribution in [3.8, 4) is 0 Å². The van der Waals surface area contributed by atoms with Gasteiger partial charge in [0.1, 0.15) is 0 Å². The summed E-state index contributed by atoms with van der Waals surface area (Å²) in [7, 11) is 3.23. The molecule has 0 amide bonds. The fourth-order valence-corrected chi connectivity index (χ4v) is 0.0833. The zero-order chi connectivity index (χ0) is 5.91. The second-order valence-corrected chi connectivity index (χ2v) is 1.81. The van der Waals surface area contributed by atoms with Crippen LogP contribution >= 0.6 is 0 Å². The Morgan fingerprint density at radius 2 is 1.25 bits per heavy atom. The van der Waals surface area contributed by atoms with Crippen LogP contribution in [0, 0.1) is 0 Å². The lowest BCUT2D eigenvalue weighted by atomic mass is 10.4. The summed E-state index contributed by atoms with van der Waals surface area (Å²) >= 11 is 0. The van der Waals surface area contributed by atoms with Crippen LogP contribution < -0.4 is 6.15 Å². The molecule has 0 spiro atoms. The molecule has 0 aromatic carbocycles. The standard InChI is InChI=1S/C5H12O2.N/c1-5(2,6-3)7-4;/h1-4H3;. The van der Waals surface area contributed by atoms with Crippen LogP contribution in [0.2, 0.25) is 0 Å². The van der Waals surface area contributed by atoms with Gasteiger partial charge >= 0.3 is 0 Å². The zero-order valence-electron chi connectivity index (χ0n) is 5.76. The second kappa shape index (κ2) is 3.83. The van der Waals surface area contributed by atoms with Gasteiger partial charge in [-0.1, -0.05) is 0 Å². The topological polar surface area (TPSA) is 49.0 Å². The Balaban J connectivity index is 0. The molecule has 0 unspecified atom stereocenters. The van der Waals surface area contributed by atoms with Gasteiger partial charge in [0.15, 0.2) is 5.79 Å². The van der Waals surface area contributed by atoms with Gasteiger partial charge in [-0.15, -0.1) is 0 Å². The summed E-state index contributed by atoms with van der Waals surface area (Å²) in [5.74, 6) is -0.417. The van der Waals surface area contributed by atoms with Gasteiger partial charge in [-0.3, -0.25) is 0 Å². The molecule has 0 aliphatic heterocycles. The van der Waals surface area contributed by atoms with E-state index in [2.05, 4.69) is 0 Å². The number of hydrogen-bond acceptors (Lipinski definition) is 2. The molecule has 0 fully saturated rings. The molecule has 0 aromatic rings. The maximum absolute atomic E-state index is 4.86. The first kappa shape index (κ1) is 10.8. The van der Waals surface area contributed by atoms with Gasteiger partial charge < -0.3 is 9.47 Å². The predicted molar refractivity (Wildman–Crippen MR) is 30.2 cm³/mol. The molecular formula is C5H12NO2. The van der Waals surface area contributed by atoms with Gasteiger partial charge in [-0.05, 0) is 13.8 Å². The van der Waals surface area contributed by atoms with E-state index in [4.69, 9.17) is 9.47 Å². The molecule has 0 aromatic heterocycles. The average Bonchev–Trinajstić information content (AvgIpc) is 1.68. The minimum absolute atomic E-state index is 0. The van der Waals surface area contributed by atoms with Crippen LogP contribution in [0.15, 0.2) is 0 Å². The monoisotopic (exact) mass is 118 g/mol. The van der Waals surface area contributed by atoms with Crippen molar-refractivity contribution >= 4 is 0 Å². The van der Waals surface area contributed by atoms with Crippen LogP contribution in [-0.2, 0) is 9.47 Å². The Morgan fingerprint density at radius 3 is 1.25 bits per heavy atom. The Morgan fingerprint density at radius 1 is 1.00 bits per heavy atom. The molecule has 0 saturated heterocycles. The highest BCUT2D eigenvalue weighted by Gasteiger charge is 2.11. The molecule has 3 radical (unpaired) electrons. The van der Waals surface area contributed by atoms with E-state index in [1.165, 1.54) is 0 Å². The summed E-state index contributed by atoms with van der Waals surface area (Å²) in [6, 6.07) is 0. The highest BCUT2D eigenvalue weighted by atomic mass is 16.7. The maximum Gasteiger partial charge on any atom is 0.161 e. The molecule has 0 atom stereocenters. The van der Waals surface area contributed by atoms with Crippen LogP contribution in [0.4, 0.5) is 0 Å². The van der Waals surface area contributed by atoms with Crippen LogP contribution in [-0.4, -0.2) is 20.0 Å². The number of rotatable bonds is 2. The molecule has 0 rings (SSSR count). The van der Waals surface area contributed by atoms with Gasteiger partial charge in [0, 0.05) is 20.4 Å². The first-order chi connectivity index (χ1) is 3.12. The van der Waals surface area contributed by atoms with E-state index in [-0.39, 0.29) is 6.15 Å². The van der Waals surface area contributed by atoms with Crippen LogP contribution in [0.5, 0.6) is 0 Å². The van der Waals surface area contributed by atoms with Crippen molar-refractivity contribution in [2.75, 3.05) is 14.2 Å². The predicted octanol–water partition coefficient (Wildman–Crippen LogP) is 0.535. The van der Waals surface area contributed by atoms with Crippen molar-refractivity contribution in [1.82, 2.24) is 6.15 Å². The normalized spacial score (nSPS) is 10.5. The summed E-state index contributed by atoms with van der Waals surface area (Å²) in [6.45, 7) is 3.71. The lowest BCUT2D eigenvalue weighted by Crippen LogP contribution is -2.24. The summed E-state index contributed by atoms with van der Waals surface area (Å²) < 4.78 is 9.73. The fourth-order valence-electron chi connectivity index (χ4n) is 0.0833. The van der Waals surface area contributed by atoms with Crippen molar-refractivity contribution in [3.05, 3.63) is 0 Å². The lowest BCUT2D eigenvalue weighted by molar-refractivity contribution is -0.178. The van der Waals surface area contributed by atoms with E-state index < -0.39 is 5.79 Å². The van der Waals surface area contributed by atoms with Crippen LogP contribution in [0.1, 0.15) is 13.8 Å². The van der Waals surface area contributed by atoms with E-state index in [0.29, 0.717) is 0 Å². The molecule has 0 saturated carbocycles. The van der Waals surface area contributed by atoms with Crippen molar-refractivity contribution in [3.63, 3.8) is 0 Å². The molecule has 0 aliphatic carbocycles. The van der Waals surface area contributed by atoms with Crippen molar-refractivity contribution in [2.24, 2.45) is 0 Å². The van der Waals surface area contributed by atoms with E-state index >= 15 is 0 Å². The Kier molecular flexibility index (Phi) is 5.17. The van der Waals surface area contributed by atoms with Crippen LogP contribution in [0.25, 0.3) is 0 Å². The lowest BCUT2D eigenvalue weighted by Gasteiger charge is -2.19. The molecule has 49 valence electrons. The Hall–Kier alpha value is -0.120. The van der Waals surface area contributed by atoms with Crippen molar-refractivity contribution in [1.29, 1.82) is 0 Å². The molecule has 3 heteroatoms. The first-order valence-corrected chi connectivity index (χ1v) is 2.22. The molecule has 3 nitrogen and oxygen atoms in total. The van der Waals surface area contributed by atoms with Crippen molar-refractivity contribution < 1.29 is 9.47 Å². The largest absolute Gasteiger partial charge is 0.354 e. The van der Waals surface area contributed by atoms with Gasteiger partial charge in [0.05, 0.1) is 0 Å². The fraction of sp³-hybridized carbons (Fsp3) is 1.00. The van der Waals surface area contributed by atoms with Crippen molar-refractivity contribution in [2.45, 2.75) is 19.6 Å². The summed E-state index contributed by atoms with van der Waals surface area (Å²) in [5, 5.41) is 0. The summed E-state index contributed by atoms with van der Waals surface area (Å²) in [6.07, 6.45) is 0. The molecule has 0 aliphatic rings. The molecule has 8 heavy (non-hydrogen) atoms. The Bertz CT molecular complexity index is 48.4. The third kappa shape index (κ3) is 4.05. The number of nitrogens with zero attached hydrogens (tertiary/aromatic N) is 1. The maximum atomic E-state index is 4.86. The van der Waals surface area contributed by atoms with E-state index in [1.54, 1.807) is 14.2 Å². The summed E-state index contributed by atoms with van der Waals surface area (Å²) in [4.78, 5) is 0. The third-order valence-electron chi connectivity index (χ3n) is 0.983. The van der Waals surface area contributed by atoms with Gasteiger partial charge in [-0.2, -0.15) is 0 Å². The summed E-state index contributed by atoms with van der Waals surface area (Å²) in [5.41, 5.74) is 0. The van der Waals surface area contributed by atoms with E-state index in [1.807, 2.05) is 13.8 Å². The number of methoxy groups -OCH3 is 2. The second-order valence-electron chi connectivity index (χ2n) is 1.81.